The molecule has 0 radical (unpaired) electrons. The Hall–Kier alpha value is -1.06. The van der Waals surface area contributed by atoms with Crippen LogP contribution in [0.3, 0.4) is 0 Å². The van der Waals surface area contributed by atoms with Crippen molar-refractivity contribution in [2.24, 2.45) is 11.7 Å². The van der Waals surface area contributed by atoms with Crippen molar-refractivity contribution in [3.05, 3.63) is 28.8 Å². The number of benzene rings is 1. The zero-order chi connectivity index (χ0) is 12.3. The van der Waals surface area contributed by atoms with Crippen LogP contribution in [0.5, 0.6) is 0 Å². The van der Waals surface area contributed by atoms with Gasteiger partial charge in [-0.25, -0.2) is 0 Å². The molecular weight excluding hydrogens is 224 g/mol. The lowest BCUT2D eigenvalue weighted by atomic mass is 10.0. The smallest absolute Gasteiger partial charge is 0.228 e. The third kappa shape index (κ3) is 2.97. The fraction of sp³-hybridized carbons (Fsp3) is 0.417. The van der Waals surface area contributed by atoms with Gasteiger partial charge in [-0.2, -0.15) is 0 Å². The van der Waals surface area contributed by atoms with Gasteiger partial charge in [-0.3, -0.25) is 4.79 Å². The van der Waals surface area contributed by atoms with E-state index in [1.165, 1.54) is 0 Å². The van der Waals surface area contributed by atoms with Crippen LogP contribution in [0.1, 0.15) is 19.4 Å². The summed E-state index contributed by atoms with van der Waals surface area (Å²) in [4.78, 5) is 11.8. The Morgan fingerprint density at radius 3 is 2.56 bits per heavy atom. The largest absolute Gasteiger partial charge is 0.327 e. The molecule has 4 heteroatoms. The summed E-state index contributed by atoms with van der Waals surface area (Å²) in [5.41, 5.74) is 7.28. The Bertz CT molecular complexity index is 370. The van der Waals surface area contributed by atoms with Crippen LogP contribution in [-0.2, 0) is 4.79 Å². The number of nitrogens with two attached hydrogens (primary N) is 1. The third-order valence-corrected chi connectivity index (χ3v) is 2.99. The van der Waals surface area contributed by atoms with Crippen LogP contribution >= 0.6 is 11.6 Å². The predicted molar refractivity (Wildman–Crippen MR) is 67.6 cm³/mol. The second kappa shape index (κ2) is 5.32. The van der Waals surface area contributed by atoms with Gasteiger partial charge in [0.15, 0.2) is 0 Å². The van der Waals surface area contributed by atoms with E-state index in [1.54, 1.807) is 13.0 Å². The zero-order valence-corrected chi connectivity index (χ0v) is 10.5. The van der Waals surface area contributed by atoms with Crippen molar-refractivity contribution in [1.82, 2.24) is 0 Å². The fourth-order valence-electron chi connectivity index (χ4n) is 1.27. The minimum Gasteiger partial charge on any atom is -0.327 e. The molecular formula is C12H17ClN2O. The molecule has 2 atom stereocenters. The third-order valence-electron chi connectivity index (χ3n) is 2.67. The lowest BCUT2D eigenvalue weighted by Crippen LogP contribution is -2.34. The van der Waals surface area contributed by atoms with Crippen LogP contribution in [0.4, 0.5) is 5.69 Å². The summed E-state index contributed by atoms with van der Waals surface area (Å²) in [6.45, 7) is 5.51. The van der Waals surface area contributed by atoms with Gasteiger partial charge in [-0.1, -0.05) is 30.7 Å². The van der Waals surface area contributed by atoms with Crippen molar-refractivity contribution in [3.8, 4) is 0 Å². The maximum absolute atomic E-state index is 11.8. The summed E-state index contributed by atoms with van der Waals surface area (Å²) >= 11 is 6.01. The van der Waals surface area contributed by atoms with E-state index in [0.717, 1.165) is 5.56 Å². The van der Waals surface area contributed by atoms with Crippen LogP contribution < -0.4 is 11.1 Å². The van der Waals surface area contributed by atoms with Gasteiger partial charge in [0.05, 0.1) is 16.6 Å². The number of nitrogens with one attached hydrogen (secondary N) is 1. The first-order valence-corrected chi connectivity index (χ1v) is 5.63. The number of rotatable bonds is 3. The second-order valence-electron chi connectivity index (χ2n) is 4.07. The van der Waals surface area contributed by atoms with Crippen LogP contribution in [0.15, 0.2) is 18.2 Å². The molecule has 1 aromatic rings. The number of anilines is 1. The monoisotopic (exact) mass is 240 g/mol. The summed E-state index contributed by atoms with van der Waals surface area (Å²) in [5, 5.41) is 3.36. The molecule has 0 aliphatic carbocycles. The fourth-order valence-corrected chi connectivity index (χ4v) is 1.54. The molecule has 3 nitrogen and oxygen atoms in total. The van der Waals surface area contributed by atoms with E-state index in [2.05, 4.69) is 5.32 Å². The summed E-state index contributed by atoms with van der Waals surface area (Å²) < 4.78 is 0. The SMILES string of the molecule is Cc1cccc(Cl)c1NC(=O)C(C)C(C)N. The van der Waals surface area contributed by atoms with Gasteiger partial charge in [0, 0.05) is 6.04 Å². The number of carbonyl (C=O) groups is 1. The Balaban J connectivity index is 2.85. The maximum Gasteiger partial charge on any atom is 0.228 e. The van der Waals surface area contributed by atoms with Crippen molar-refractivity contribution in [2.75, 3.05) is 5.32 Å². The lowest BCUT2D eigenvalue weighted by molar-refractivity contribution is -0.119. The predicted octanol–water partition coefficient (Wildman–Crippen LogP) is 2.57. The standard InChI is InChI=1S/C12H17ClN2O/c1-7-5-4-6-10(13)11(7)15-12(16)8(2)9(3)14/h4-6,8-9H,14H2,1-3H3,(H,15,16). The molecule has 0 bridgehead atoms. The maximum atomic E-state index is 11.8. The normalized spacial score (nSPS) is 14.3. The Morgan fingerprint density at radius 2 is 2.06 bits per heavy atom. The summed E-state index contributed by atoms with van der Waals surface area (Å²) in [6, 6.07) is 5.32. The van der Waals surface area contributed by atoms with E-state index in [1.807, 2.05) is 26.0 Å². The highest BCUT2D eigenvalue weighted by Gasteiger charge is 2.18. The summed E-state index contributed by atoms with van der Waals surface area (Å²) in [5.74, 6) is -0.345. The van der Waals surface area contributed by atoms with Gasteiger partial charge in [-0.05, 0) is 25.5 Å². The minimum absolute atomic E-state index is 0.105. The van der Waals surface area contributed by atoms with Gasteiger partial charge in [-0.15, -0.1) is 0 Å². The van der Waals surface area contributed by atoms with E-state index in [4.69, 9.17) is 17.3 Å². The lowest BCUT2D eigenvalue weighted by Gasteiger charge is -2.17. The van der Waals surface area contributed by atoms with E-state index >= 15 is 0 Å². The average molecular weight is 241 g/mol. The number of amides is 1. The van der Waals surface area contributed by atoms with Crippen molar-refractivity contribution >= 4 is 23.2 Å². The van der Waals surface area contributed by atoms with Crippen LogP contribution in [0, 0.1) is 12.8 Å². The highest BCUT2D eigenvalue weighted by molar-refractivity contribution is 6.33. The van der Waals surface area contributed by atoms with Crippen molar-refractivity contribution in [1.29, 1.82) is 0 Å². The molecule has 0 aromatic heterocycles. The Morgan fingerprint density at radius 1 is 1.44 bits per heavy atom. The molecule has 88 valence electrons. The second-order valence-corrected chi connectivity index (χ2v) is 4.48. The van der Waals surface area contributed by atoms with Gasteiger partial charge in [0.2, 0.25) is 5.91 Å². The van der Waals surface area contributed by atoms with Crippen LogP contribution in [0.2, 0.25) is 5.02 Å². The van der Waals surface area contributed by atoms with Crippen molar-refractivity contribution in [2.45, 2.75) is 26.8 Å². The van der Waals surface area contributed by atoms with E-state index in [9.17, 15) is 4.79 Å². The first kappa shape index (κ1) is 13.0. The molecule has 0 fully saturated rings. The molecule has 0 spiro atoms. The zero-order valence-electron chi connectivity index (χ0n) is 9.75. The van der Waals surface area contributed by atoms with Gasteiger partial charge in [0.25, 0.3) is 0 Å². The molecule has 16 heavy (non-hydrogen) atoms. The number of hydrogen-bond acceptors (Lipinski definition) is 2. The first-order chi connectivity index (χ1) is 7.43. The number of carbonyl (C=O) groups excluding carboxylic acids is 1. The Kier molecular flexibility index (Phi) is 4.33. The molecule has 0 aliphatic rings. The van der Waals surface area contributed by atoms with Gasteiger partial charge < -0.3 is 11.1 Å². The highest BCUT2D eigenvalue weighted by Crippen LogP contribution is 2.25. The number of para-hydroxylation sites is 1. The van der Waals surface area contributed by atoms with Crippen LogP contribution in [0.25, 0.3) is 0 Å². The number of aryl methyl sites for hydroxylation is 1. The van der Waals surface area contributed by atoms with Crippen molar-refractivity contribution < 1.29 is 4.79 Å². The first-order valence-electron chi connectivity index (χ1n) is 5.25. The molecule has 3 N–H and O–H groups in total. The molecule has 1 amide bonds. The van der Waals surface area contributed by atoms with Gasteiger partial charge >= 0.3 is 0 Å². The highest BCUT2D eigenvalue weighted by atomic mass is 35.5. The van der Waals surface area contributed by atoms with Crippen LogP contribution in [-0.4, -0.2) is 11.9 Å². The van der Waals surface area contributed by atoms with E-state index in [-0.39, 0.29) is 17.9 Å². The topological polar surface area (TPSA) is 55.1 Å². The Labute approximate surface area is 101 Å². The van der Waals surface area contributed by atoms with Gasteiger partial charge in [0.1, 0.15) is 0 Å². The molecule has 0 aliphatic heterocycles. The quantitative estimate of drug-likeness (QED) is 0.853. The molecule has 0 heterocycles. The van der Waals surface area contributed by atoms with E-state index < -0.39 is 0 Å². The molecule has 0 saturated carbocycles. The molecule has 0 saturated heterocycles. The number of halogens is 1. The summed E-state index contributed by atoms with van der Waals surface area (Å²) in [6.07, 6.45) is 0. The number of hydrogen-bond donors (Lipinski definition) is 2. The molecule has 1 rings (SSSR count). The molecule has 1 aromatic carbocycles. The minimum atomic E-state index is -0.240. The average Bonchev–Trinajstić information content (AvgIpc) is 2.22. The molecule has 2 unspecified atom stereocenters. The summed E-state index contributed by atoms with van der Waals surface area (Å²) in [7, 11) is 0. The van der Waals surface area contributed by atoms with E-state index in [0.29, 0.717) is 10.7 Å². The van der Waals surface area contributed by atoms with Crippen molar-refractivity contribution in [3.63, 3.8) is 0 Å².